The topological polar surface area (TPSA) is 6.48 Å². The van der Waals surface area contributed by atoms with Gasteiger partial charge in [0.15, 0.2) is 0 Å². The van der Waals surface area contributed by atoms with Crippen molar-refractivity contribution in [1.29, 1.82) is 0 Å². The van der Waals surface area contributed by atoms with Gasteiger partial charge in [0, 0.05) is 33.5 Å². The fourth-order valence-electron chi connectivity index (χ4n) is 13.2. The summed E-state index contributed by atoms with van der Waals surface area (Å²) in [5.74, 6) is 1.97. The zero-order valence-electron chi connectivity index (χ0n) is 47.8. The molecule has 80 heavy (non-hydrogen) atoms. The van der Waals surface area contributed by atoms with Crippen LogP contribution < -0.4 is 9.80 Å². The van der Waals surface area contributed by atoms with Gasteiger partial charge in [0.1, 0.15) is 0 Å². The average Bonchev–Trinajstić information content (AvgIpc) is 4.22. The van der Waals surface area contributed by atoms with Gasteiger partial charge >= 0.3 is 0 Å². The van der Waals surface area contributed by atoms with Crippen LogP contribution in [-0.2, 0) is 0 Å². The first-order valence-corrected chi connectivity index (χ1v) is 29.7. The van der Waals surface area contributed by atoms with Crippen molar-refractivity contribution < 1.29 is 0 Å². The lowest BCUT2D eigenvalue weighted by molar-refractivity contribution is 0.733. The molecule has 0 aliphatic heterocycles. The average molecular weight is 1040 g/mol. The second-order valence-corrected chi connectivity index (χ2v) is 23.0. The van der Waals surface area contributed by atoms with Crippen LogP contribution in [0, 0.1) is 0 Å². The third-order valence-electron chi connectivity index (χ3n) is 18.6. The van der Waals surface area contributed by atoms with Gasteiger partial charge in [0.25, 0.3) is 0 Å². The highest BCUT2D eigenvalue weighted by molar-refractivity contribution is 6.47. The Morgan fingerprint density at radius 2 is 0.512 bits per heavy atom. The van der Waals surface area contributed by atoms with Gasteiger partial charge in [-0.1, -0.05) is 213 Å². The van der Waals surface area contributed by atoms with Crippen molar-refractivity contribution in [1.82, 2.24) is 0 Å². The van der Waals surface area contributed by atoms with Crippen LogP contribution in [-0.4, -0.2) is 0 Å². The molecule has 0 spiro atoms. The lowest BCUT2D eigenvalue weighted by Crippen LogP contribution is -2.11. The molecule has 4 atom stereocenters. The van der Waals surface area contributed by atoms with Crippen LogP contribution in [0.25, 0.3) is 86.9 Å². The molecule has 0 aromatic heterocycles. The van der Waals surface area contributed by atoms with Gasteiger partial charge in [0.2, 0.25) is 0 Å². The van der Waals surface area contributed by atoms with E-state index in [-0.39, 0.29) is 0 Å². The van der Waals surface area contributed by atoms with Crippen molar-refractivity contribution in [3.8, 4) is 22.3 Å². The minimum atomic E-state index is 0.493. The Kier molecular flexibility index (Phi) is 13.4. The Morgan fingerprint density at radius 1 is 0.250 bits per heavy atom. The lowest BCUT2D eigenvalue weighted by Gasteiger charge is -2.28. The van der Waals surface area contributed by atoms with E-state index in [1.807, 2.05) is 0 Å². The summed E-state index contributed by atoms with van der Waals surface area (Å²) in [6.45, 7) is 18.4. The van der Waals surface area contributed by atoms with E-state index in [9.17, 15) is 0 Å². The van der Waals surface area contributed by atoms with Gasteiger partial charge in [-0.25, -0.2) is 0 Å². The molecule has 0 N–H and O–H groups in total. The predicted octanol–water partition coefficient (Wildman–Crippen LogP) is 23.8. The normalized spacial score (nSPS) is 13.5. The van der Waals surface area contributed by atoms with Crippen LogP contribution in [0.1, 0.15) is 127 Å². The smallest absolute Gasteiger partial charge is 0.0540 e. The van der Waals surface area contributed by atoms with Crippen molar-refractivity contribution >= 4 is 98.8 Å². The van der Waals surface area contributed by atoms with E-state index in [0.29, 0.717) is 23.7 Å². The summed E-state index contributed by atoms with van der Waals surface area (Å²) >= 11 is 0. The summed E-state index contributed by atoms with van der Waals surface area (Å²) in [6.07, 6.45) is 4.43. The van der Waals surface area contributed by atoms with Gasteiger partial charge in [-0.3, -0.25) is 0 Å². The number of rotatable bonds is 16. The van der Waals surface area contributed by atoms with Crippen LogP contribution >= 0.6 is 0 Å². The fourth-order valence-corrected chi connectivity index (χ4v) is 13.2. The van der Waals surface area contributed by atoms with Crippen molar-refractivity contribution in [2.75, 3.05) is 9.80 Å². The molecule has 0 fully saturated rings. The molecule has 0 heterocycles. The fraction of sp³-hybridized carbons (Fsp3) is 0.205. The summed E-state index contributed by atoms with van der Waals surface area (Å²) in [7, 11) is 0. The SMILES string of the molecule is CCC(C)c1ccc(N(c2ccc(C(C)CC)cc2)c2ccc3c4c(-c5ccccc5)c5c6cccc7c(N(c8ccc(C(C)CC)cc8)c8ccc(C(C)CC)cc8)ccc(c5c(-c5ccccc5)c4c4cccc2c43)c76)cc1. The van der Waals surface area contributed by atoms with Crippen molar-refractivity contribution in [2.24, 2.45) is 0 Å². The molecule has 0 bridgehead atoms. The third kappa shape index (κ3) is 8.37. The Balaban J connectivity index is 1.12. The molecule has 13 aromatic carbocycles. The largest absolute Gasteiger partial charge is 0.310 e. The van der Waals surface area contributed by atoms with Crippen molar-refractivity contribution in [3.05, 3.63) is 241 Å². The molecule has 13 aromatic rings. The second-order valence-electron chi connectivity index (χ2n) is 23.0. The first-order valence-electron chi connectivity index (χ1n) is 29.7. The van der Waals surface area contributed by atoms with Crippen LogP contribution in [0.2, 0.25) is 0 Å². The van der Waals surface area contributed by atoms with E-state index in [4.69, 9.17) is 0 Å². The zero-order valence-corrected chi connectivity index (χ0v) is 47.8. The Morgan fingerprint density at radius 3 is 0.787 bits per heavy atom. The van der Waals surface area contributed by atoms with E-state index >= 15 is 0 Å². The highest BCUT2D eigenvalue weighted by Gasteiger charge is 2.30. The summed E-state index contributed by atoms with van der Waals surface area (Å²) in [6, 6.07) is 83.8. The molecule has 0 saturated heterocycles. The molecular weight excluding hydrogens is 965 g/mol. The molecule has 0 aliphatic carbocycles. The minimum Gasteiger partial charge on any atom is -0.310 e. The molecule has 0 radical (unpaired) electrons. The number of fused-ring (bicyclic) bond motifs is 6. The number of hydrogen-bond donors (Lipinski definition) is 0. The molecule has 13 rings (SSSR count). The van der Waals surface area contributed by atoms with Crippen LogP contribution in [0.15, 0.2) is 218 Å². The Labute approximate surface area is 473 Å². The monoisotopic (exact) mass is 1040 g/mol. The first-order chi connectivity index (χ1) is 39.2. The number of hydrogen-bond acceptors (Lipinski definition) is 2. The van der Waals surface area contributed by atoms with Crippen LogP contribution in [0.3, 0.4) is 0 Å². The van der Waals surface area contributed by atoms with Gasteiger partial charge in [-0.15, -0.1) is 0 Å². The maximum Gasteiger partial charge on any atom is 0.0540 e. The van der Waals surface area contributed by atoms with Gasteiger partial charge in [0.05, 0.1) is 11.4 Å². The maximum absolute atomic E-state index is 2.50. The summed E-state index contributed by atoms with van der Waals surface area (Å²) < 4.78 is 0. The highest BCUT2D eigenvalue weighted by Crippen LogP contribution is 2.58. The van der Waals surface area contributed by atoms with Crippen molar-refractivity contribution in [2.45, 2.75) is 105 Å². The maximum atomic E-state index is 2.50. The molecule has 394 valence electrons. The van der Waals surface area contributed by atoms with E-state index in [1.165, 1.54) is 121 Å². The van der Waals surface area contributed by atoms with E-state index < -0.39 is 0 Å². The quantitative estimate of drug-likeness (QED) is 0.0952. The number of benzene rings is 11. The van der Waals surface area contributed by atoms with Gasteiger partial charge < -0.3 is 9.80 Å². The molecule has 0 saturated carbocycles. The molecular formula is C78H72N2. The Hall–Kier alpha value is -8.46. The van der Waals surface area contributed by atoms with E-state index in [0.717, 1.165) is 48.4 Å². The minimum absolute atomic E-state index is 0.493. The standard InChI is InChI=1S/C78H72N2/c1-9-49(5)53-29-37-59(38-30-53)79(60-39-31-54(32-40-60)50(6)10-2)69-47-45-67-73-63(69)25-19-27-65(73)75-71(57-21-15-13-16-22-57)78-68-46-48-70(64-26-20-28-66(74(64)68)76(78)72(77(67)75)58-23-17-14-18-24-58)80(61-41-33-55(34-42-61)51(7)11-3)62-43-35-56(36-44-62)52(8)12-4/h13-52H,9-12H2,1-8H3. The summed E-state index contributed by atoms with van der Waals surface area (Å²) in [5, 5.41) is 15.5. The van der Waals surface area contributed by atoms with Crippen molar-refractivity contribution in [3.63, 3.8) is 0 Å². The molecule has 2 heteroatoms. The van der Waals surface area contributed by atoms with E-state index in [2.05, 4.69) is 284 Å². The van der Waals surface area contributed by atoms with Crippen LogP contribution in [0.5, 0.6) is 0 Å². The molecule has 0 aliphatic rings. The van der Waals surface area contributed by atoms with Gasteiger partial charge in [-0.2, -0.15) is 0 Å². The lowest BCUT2D eigenvalue weighted by atomic mass is 9.87. The predicted molar refractivity (Wildman–Crippen MR) is 349 cm³/mol. The zero-order chi connectivity index (χ0) is 54.8. The number of nitrogens with zero attached hydrogens (tertiary/aromatic N) is 2. The molecule has 2 nitrogen and oxygen atoms in total. The second kappa shape index (κ2) is 21.0. The van der Waals surface area contributed by atoms with Crippen LogP contribution in [0.4, 0.5) is 34.1 Å². The Bertz CT molecular complexity index is 3870. The molecule has 0 amide bonds. The third-order valence-corrected chi connectivity index (χ3v) is 18.6. The highest BCUT2D eigenvalue weighted by atomic mass is 15.1. The molecule has 4 unspecified atom stereocenters. The van der Waals surface area contributed by atoms with Gasteiger partial charge in [-0.05, 0) is 208 Å². The summed E-state index contributed by atoms with van der Waals surface area (Å²) in [5.41, 5.74) is 17.5. The van der Waals surface area contributed by atoms with E-state index in [1.54, 1.807) is 0 Å². The first kappa shape index (κ1) is 51.0. The summed E-state index contributed by atoms with van der Waals surface area (Å²) in [4.78, 5) is 5.00. The number of anilines is 6.